The Balaban J connectivity index is 1.53. The SMILES string of the molecule is O=Nc1ccc(-c2cc(C(=O)C3C[C@@H]3Cc3ccc(O)cc3O)c(=O)[nH]n2)cc1. The van der Waals surface area contributed by atoms with E-state index < -0.39 is 5.56 Å². The number of phenols is 2. The van der Waals surface area contributed by atoms with Gasteiger partial charge in [-0.3, -0.25) is 9.59 Å². The Hall–Kier alpha value is -3.81. The maximum atomic E-state index is 12.8. The summed E-state index contributed by atoms with van der Waals surface area (Å²) < 4.78 is 0. The van der Waals surface area contributed by atoms with Gasteiger partial charge in [0, 0.05) is 17.5 Å². The molecule has 1 heterocycles. The first-order valence-corrected chi connectivity index (χ1v) is 9.05. The summed E-state index contributed by atoms with van der Waals surface area (Å²) in [6.07, 6.45) is 1.11. The van der Waals surface area contributed by atoms with E-state index in [1.807, 2.05) is 0 Å². The quantitative estimate of drug-likeness (QED) is 0.436. The van der Waals surface area contributed by atoms with Crippen LogP contribution >= 0.6 is 0 Å². The predicted octanol–water partition coefficient (Wildman–Crippen LogP) is 3.31. The lowest BCUT2D eigenvalue weighted by molar-refractivity contribution is 0.0959. The minimum Gasteiger partial charge on any atom is -0.508 e. The molecule has 0 spiro atoms. The third-order valence-corrected chi connectivity index (χ3v) is 5.15. The number of nitrogens with one attached hydrogen (secondary N) is 1. The molecule has 29 heavy (non-hydrogen) atoms. The Morgan fingerprint density at radius 3 is 2.59 bits per heavy atom. The van der Waals surface area contributed by atoms with Crippen LogP contribution in [0.15, 0.2) is 58.5 Å². The van der Waals surface area contributed by atoms with Crippen LogP contribution in [0.1, 0.15) is 22.3 Å². The minimum absolute atomic E-state index is 0.0135. The lowest BCUT2D eigenvalue weighted by Crippen LogP contribution is -2.21. The number of ketones is 1. The number of aromatic hydroxyl groups is 2. The van der Waals surface area contributed by atoms with Crippen molar-refractivity contribution in [2.75, 3.05) is 0 Å². The zero-order valence-electron chi connectivity index (χ0n) is 15.2. The minimum atomic E-state index is -0.553. The summed E-state index contributed by atoms with van der Waals surface area (Å²) in [5.41, 5.74) is 1.46. The van der Waals surface area contributed by atoms with Crippen molar-refractivity contribution in [3.8, 4) is 22.8 Å². The van der Waals surface area contributed by atoms with Crippen LogP contribution in [0.3, 0.4) is 0 Å². The lowest BCUT2D eigenvalue weighted by atomic mass is 10.0. The first-order valence-electron chi connectivity index (χ1n) is 9.05. The van der Waals surface area contributed by atoms with E-state index in [2.05, 4.69) is 15.4 Å². The molecule has 0 radical (unpaired) electrons. The molecule has 1 aliphatic rings. The van der Waals surface area contributed by atoms with Gasteiger partial charge in [0.15, 0.2) is 5.78 Å². The number of hydrogen-bond donors (Lipinski definition) is 3. The fourth-order valence-electron chi connectivity index (χ4n) is 3.43. The van der Waals surface area contributed by atoms with Gasteiger partial charge in [-0.25, -0.2) is 5.10 Å². The van der Waals surface area contributed by atoms with Crippen LogP contribution in [0.5, 0.6) is 11.5 Å². The number of nitrogens with zero attached hydrogens (tertiary/aromatic N) is 2. The molecule has 3 N–H and O–H groups in total. The van der Waals surface area contributed by atoms with E-state index in [1.54, 1.807) is 18.2 Å². The van der Waals surface area contributed by atoms with E-state index in [9.17, 15) is 24.7 Å². The van der Waals surface area contributed by atoms with Crippen molar-refractivity contribution in [1.29, 1.82) is 0 Å². The third-order valence-electron chi connectivity index (χ3n) is 5.15. The number of carbonyl (C=O) groups is 1. The smallest absolute Gasteiger partial charge is 0.275 e. The highest BCUT2D eigenvalue weighted by molar-refractivity contribution is 6.00. The summed E-state index contributed by atoms with van der Waals surface area (Å²) in [5.74, 6) is -0.583. The molecule has 8 heteroatoms. The van der Waals surface area contributed by atoms with Crippen LogP contribution in [-0.4, -0.2) is 26.2 Å². The summed E-state index contributed by atoms with van der Waals surface area (Å²) >= 11 is 0. The van der Waals surface area contributed by atoms with E-state index in [1.165, 1.54) is 30.3 Å². The number of aromatic amines is 1. The molecule has 0 aliphatic heterocycles. The fourth-order valence-corrected chi connectivity index (χ4v) is 3.43. The number of Topliss-reactive ketones (excluding diaryl/α,β-unsaturated/α-hetero) is 1. The molecule has 1 aromatic heterocycles. The second-order valence-electron chi connectivity index (χ2n) is 7.12. The van der Waals surface area contributed by atoms with Crippen molar-refractivity contribution in [2.45, 2.75) is 12.8 Å². The molecule has 0 saturated heterocycles. The Morgan fingerprint density at radius 2 is 1.90 bits per heavy atom. The second kappa shape index (κ2) is 7.31. The maximum absolute atomic E-state index is 12.8. The molecule has 1 fully saturated rings. The van der Waals surface area contributed by atoms with E-state index in [4.69, 9.17) is 0 Å². The summed E-state index contributed by atoms with van der Waals surface area (Å²) in [6.45, 7) is 0. The predicted molar refractivity (Wildman–Crippen MR) is 105 cm³/mol. The number of rotatable bonds is 6. The van der Waals surface area contributed by atoms with Crippen LogP contribution in [0.25, 0.3) is 11.3 Å². The van der Waals surface area contributed by atoms with Crippen molar-refractivity contribution >= 4 is 11.5 Å². The average molecular weight is 391 g/mol. The van der Waals surface area contributed by atoms with Gasteiger partial charge in [0.2, 0.25) is 0 Å². The van der Waals surface area contributed by atoms with E-state index >= 15 is 0 Å². The van der Waals surface area contributed by atoms with E-state index in [0.717, 1.165) is 0 Å². The molecule has 1 saturated carbocycles. The van der Waals surface area contributed by atoms with Gasteiger partial charge in [0.25, 0.3) is 5.56 Å². The molecular formula is C21H17N3O5. The largest absolute Gasteiger partial charge is 0.508 e. The van der Waals surface area contributed by atoms with Crippen molar-refractivity contribution in [1.82, 2.24) is 10.2 Å². The molecule has 3 aromatic rings. The lowest BCUT2D eigenvalue weighted by Gasteiger charge is -2.06. The summed E-state index contributed by atoms with van der Waals surface area (Å²) in [7, 11) is 0. The zero-order chi connectivity index (χ0) is 20.5. The Bertz CT molecular complexity index is 1150. The molecule has 146 valence electrons. The van der Waals surface area contributed by atoms with Crippen molar-refractivity contribution < 1.29 is 15.0 Å². The van der Waals surface area contributed by atoms with Gasteiger partial charge >= 0.3 is 0 Å². The zero-order valence-corrected chi connectivity index (χ0v) is 15.2. The molecule has 2 aromatic carbocycles. The highest BCUT2D eigenvalue weighted by Gasteiger charge is 2.44. The molecule has 1 aliphatic carbocycles. The summed E-state index contributed by atoms with van der Waals surface area (Å²) in [4.78, 5) is 35.6. The number of carbonyl (C=O) groups excluding carboxylic acids is 1. The molecule has 8 nitrogen and oxygen atoms in total. The second-order valence-corrected chi connectivity index (χ2v) is 7.12. The topological polar surface area (TPSA) is 133 Å². The third kappa shape index (κ3) is 3.77. The number of nitroso groups, excluding NO2 is 1. The van der Waals surface area contributed by atoms with Gasteiger partial charge in [-0.2, -0.15) is 5.10 Å². The van der Waals surface area contributed by atoms with Crippen LogP contribution in [0.4, 0.5) is 5.69 Å². The molecule has 1 unspecified atom stereocenters. The monoisotopic (exact) mass is 391 g/mol. The summed E-state index contributed by atoms with van der Waals surface area (Å²) in [5, 5.41) is 28.5. The molecule has 0 bridgehead atoms. The van der Waals surface area contributed by atoms with Crippen LogP contribution < -0.4 is 5.56 Å². The first-order chi connectivity index (χ1) is 14.0. The number of benzene rings is 2. The van der Waals surface area contributed by atoms with Gasteiger partial charge < -0.3 is 10.2 Å². The Labute approximate surface area is 164 Å². The van der Waals surface area contributed by atoms with Gasteiger partial charge in [-0.15, -0.1) is 4.91 Å². The number of aromatic nitrogens is 2. The number of hydrogen-bond acceptors (Lipinski definition) is 7. The molecule has 4 rings (SSSR count). The highest BCUT2D eigenvalue weighted by atomic mass is 16.3. The van der Waals surface area contributed by atoms with Crippen LogP contribution in [-0.2, 0) is 6.42 Å². The molecule has 0 amide bonds. The average Bonchev–Trinajstić information content (AvgIpc) is 3.49. The van der Waals surface area contributed by atoms with Crippen molar-refractivity contribution in [3.05, 3.63) is 74.9 Å². The van der Waals surface area contributed by atoms with Gasteiger partial charge in [0.1, 0.15) is 17.2 Å². The Kier molecular flexibility index (Phi) is 4.67. The van der Waals surface area contributed by atoms with Gasteiger partial charge in [-0.05, 0) is 53.8 Å². The molecular weight excluding hydrogens is 374 g/mol. The first kappa shape index (κ1) is 18.5. The summed E-state index contributed by atoms with van der Waals surface area (Å²) in [6, 6.07) is 12.2. The fraction of sp³-hybridized carbons (Fsp3) is 0.190. The van der Waals surface area contributed by atoms with E-state index in [0.29, 0.717) is 29.7 Å². The number of H-pyrrole nitrogens is 1. The van der Waals surface area contributed by atoms with Crippen LogP contribution in [0.2, 0.25) is 0 Å². The van der Waals surface area contributed by atoms with Gasteiger partial charge in [-0.1, -0.05) is 18.2 Å². The molecule has 2 atom stereocenters. The van der Waals surface area contributed by atoms with E-state index in [-0.39, 0.29) is 40.4 Å². The standard InChI is InChI=1S/C21H17N3O5/c25-15-6-3-12(19(26)9-15)7-13-8-16(13)20(27)17-10-18(22-23-21(17)28)11-1-4-14(24-29)5-2-11/h1-6,9-10,13,16,25-26H,7-8H2,(H,23,28)/t13-,16?/m0/s1. The van der Waals surface area contributed by atoms with Crippen molar-refractivity contribution in [2.24, 2.45) is 17.0 Å². The van der Waals surface area contributed by atoms with Crippen molar-refractivity contribution in [3.63, 3.8) is 0 Å². The van der Waals surface area contributed by atoms with Crippen LogP contribution in [0, 0.1) is 16.7 Å². The highest BCUT2D eigenvalue weighted by Crippen LogP contribution is 2.44. The van der Waals surface area contributed by atoms with Gasteiger partial charge in [0.05, 0.1) is 11.3 Å². The maximum Gasteiger partial charge on any atom is 0.275 e. The number of phenolic OH excluding ortho intramolecular Hbond substituents is 2. The Morgan fingerprint density at radius 1 is 1.14 bits per heavy atom. The normalized spacial score (nSPS) is 17.7.